The molecular formula is C29H38O2. The Balaban J connectivity index is 1.32. The second-order valence-corrected chi connectivity index (χ2v) is 11.3. The third-order valence-electron chi connectivity index (χ3n) is 9.85. The molecule has 7 atom stereocenters. The molecule has 3 fully saturated rings. The Bertz CT molecular complexity index is 883. The summed E-state index contributed by atoms with van der Waals surface area (Å²) in [6.45, 7) is 6.69. The quantitative estimate of drug-likeness (QED) is 0.485. The fourth-order valence-electron chi connectivity index (χ4n) is 8.17. The molecule has 31 heavy (non-hydrogen) atoms. The van der Waals surface area contributed by atoms with Gasteiger partial charge in [-0.15, -0.1) is 0 Å². The number of fused-ring (bicyclic) bond motifs is 5. The summed E-state index contributed by atoms with van der Waals surface area (Å²) in [5, 5.41) is 0. The fourth-order valence-corrected chi connectivity index (χ4v) is 8.17. The number of ether oxygens (including phenoxy) is 1. The van der Waals surface area contributed by atoms with Gasteiger partial charge in [0.25, 0.3) is 0 Å². The van der Waals surface area contributed by atoms with Crippen molar-refractivity contribution in [2.45, 2.75) is 78.2 Å². The van der Waals surface area contributed by atoms with Gasteiger partial charge in [0.05, 0.1) is 0 Å². The first-order chi connectivity index (χ1) is 14.9. The normalized spacial score (nSPS) is 41.8. The Morgan fingerprint density at radius 1 is 1.00 bits per heavy atom. The van der Waals surface area contributed by atoms with E-state index in [4.69, 9.17) is 4.74 Å². The van der Waals surface area contributed by atoms with Crippen molar-refractivity contribution in [2.75, 3.05) is 0 Å². The monoisotopic (exact) mass is 418 g/mol. The molecule has 0 radical (unpaired) electrons. The molecule has 0 bridgehead atoms. The Hall–Kier alpha value is -1.83. The van der Waals surface area contributed by atoms with E-state index in [1.807, 2.05) is 0 Å². The summed E-state index contributed by atoms with van der Waals surface area (Å²) >= 11 is 0. The molecule has 5 rings (SSSR count). The van der Waals surface area contributed by atoms with E-state index in [1.165, 1.54) is 44.1 Å². The lowest BCUT2D eigenvalue weighted by Gasteiger charge is -2.60. The van der Waals surface area contributed by atoms with Gasteiger partial charge in [-0.3, -0.25) is 4.79 Å². The molecule has 0 unspecified atom stereocenters. The van der Waals surface area contributed by atoms with E-state index in [0.717, 1.165) is 36.5 Å². The minimum Gasteiger partial charge on any atom is -0.463 e. The second-order valence-electron chi connectivity index (χ2n) is 11.3. The van der Waals surface area contributed by atoms with Crippen molar-refractivity contribution in [2.24, 2.45) is 34.5 Å². The van der Waals surface area contributed by atoms with E-state index in [9.17, 15) is 4.79 Å². The number of hydrogen-bond donors (Lipinski definition) is 0. The zero-order valence-electron chi connectivity index (χ0n) is 19.5. The largest absolute Gasteiger partial charge is 0.463 e. The minimum absolute atomic E-state index is 0.108. The van der Waals surface area contributed by atoms with Gasteiger partial charge in [0.15, 0.2) is 0 Å². The molecule has 1 aromatic carbocycles. The van der Waals surface area contributed by atoms with Gasteiger partial charge in [0.1, 0.15) is 6.10 Å². The van der Waals surface area contributed by atoms with Gasteiger partial charge in [-0.25, -0.2) is 0 Å². The third-order valence-corrected chi connectivity index (χ3v) is 9.85. The molecule has 1 aromatic rings. The zero-order chi connectivity index (χ0) is 21.6. The number of benzene rings is 1. The summed E-state index contributed by atoms with van der Waals surface area (Å²) in [4.78, 5) is 11.5. The van der Waals surface area contributed by atoms with Crippen LogP contribution in [0, 0.1) is 34.5 Å². The molecule has 0 aromatic heterocycles. The van der Waals surface area contributed by atoms with Crippen LogP contribution in [0.15, 0.2) is 48.1 Å². The predicted molar refractivity (Wildman–Crippen MR) is 126 cm³/mol. The molecule has 0 N–H and O–H groups in total. The summed E-state index contributed by atoms with van der Waals surface area (Å²) in [6, 6.07) is 10.7. The smallest absolute Gasteiger partial charge is 0.302 e. The lowest BCUT2D eigenvalue weighted by molar-refractivity contribution is -0.158. The van der Waals surface area contributed by atoms with Crippen LogP contribution in [-0.2, 0) is 9.53 Å². The van der Waals surface area contributed by atoms with E-state index < -0.39 is 0 Å². The van der Waals surface area contributed by atoms with Crippen LogP contribution in [-0.4, -0.2) is 12.1 Å². The number of allylic oxidation sites excluding steroid dienone is 3. The van der Waals surface area contributed by atoms with Gasteiger partial charge >= 0.3 is 5.97 Å². The SMILES string of the molecule is CC(=O)O[C@H]1CC[C@]2(C)[C@H](CC[C@H]3[C@H]4CC=C(C=Cc5ccccc5)[C@]4(C)CC[C@@H]32)C1. The summed E-state index contributed by atoms with van der Waals surface area (Å²) < 4.78 is 5.63. The van der Waals surface area contributed by atoms with Crippen LogP contribution in [0.1, 0.15) is 77.7 Å². The van der Waals surface area contributed by atoms with E-state index >= 15 is 0 Å². The highest BCUT2D eigenvalue weighted by Crippen LogP contribution is 2.66. The minimum atomic E-state index is -0.108. The molecule has 166 valence electrons. The highest BCUT2D eigenvalue weighted by atomic mass is 16.5. The molecule has 0 aliphatic heterocycles. The molecule has 4 aliphatic rings. The Labute approximate surface area is 188 Å². The first-order valence-electron chi connectivity index (χ1n) is 12.5. The number of carbonyl (C=O) groups is 1. The average Bonchev–Trinajstić information content (AvgIpc) is 3.09. The van der Waals surface area contributed by atoms with E-state index in [0.29, 0.717) is 10.8 Å². The van der Waals surface area contributed by atoms with Crippen LogP contribution in [0.3, 0.4) is 0 Å². The van der Waals surface area contributed by atoms with Crippen molar-refractivity contribution in [3.8, 4) is 0 Å². The lowest BCUT2D eigenvalue weighted by Crippen LogP contribution is -2.53. The molecule has 2 nitrogen and oxygen atoms in total. The van der Waals surface area contributed by atoms with Gasteiger partial charge in [-0.05, 0) is 97.0 Å². The lowest BCUT2D eigenvalue weighted by atomic mass is 9.44. The summed E-state index contributed by atoms with van der Waals surface area (Å²) in [5.74, 6) is 3.11. The number of carbonyl (C=O) groups excluding carboxylic acids is 1. The van der Waals surface area contributed by atoms with Gasteiger partial charge in [0.2, 0.25) is 0 Å². The highest BCUT2D eigenvalue weighted by molar-refractivity contribution is 5.66. The molecule has 0 amide bonds. The average molecular weight is 419 g/mol. The van der Waals surface area contributed by atoms with Crippen molar-refractivity contribution in [3.05, 3.63) is 53.6 Å². The van der Waals surface area contributed by atoms with Gasteiger partial charge in [-0.2, -0.15) is 0 Å². The molecule has 0 saturated heterocycles. The first-order valence-corrected chi connectivity index (χ1v) is 12.5. The topological polar surface area (TPSA) is 26.3 Å². The maximum absolute atomic E-state index is 11.5. The van der Waals surface area contributed by atoms with Crippen LogP contribution >= 0.6 is 0 Å². The Morgan fingerprint density at radius 3 is 2.58 bits per heavy atom. The van der Waals surface area contributed by atoms with Crippen LogP contribution in [0.5, 0.6) is 0 Å². The number of rotatable bonds is 3. The van der Waals surface area contributed by atoms with Crippen LogP contribution in [0.25, 0.3) is 6.08 Å². The molecule has 3 saturated carbocycles. The molecular weight excluding hydrogens is 380 g/mol. The van der Waals surface area contributed by atoms with Crippen molar-refractivity contribution in [1.29, 1.82) is 0 Å². The van der Waals surface area contributed by atoms with Crippen molar-refractivity contribution in [1.82, 2.24) is 0 Å². The Kier molecular flexibility index (Phi) is 5.39. The van der Waals surface area contributed by atoms with E-state index in [1.54, 1.807) is 12.5 Å². The van der Waals surface area contributed by atoms with Crippen molar-refractivity contribution < 1.29 is 9.53 Å². The van der Waals surface area contributed by atoms with Crippen molar-refractivity contribution in [3.63, 3.8) is 0 Å². The second kappa shape index (κ2) is 7.94. The van der Waals surface area contributed by atoms with Gasteiger partial charge in [0, 0.05) is 6.92 Å². The maximum atomic E-state index is 11.5. The number of esters is 1. The molecule has 0 heterocycles. The zero-order valence-corrected chi connectivity index (χ0v) is 19.5. The predicted octanol–water partition coefficient (Wildman–Crippen LogP) is 7.21. The Morgan fingerprint density at radius 2 is 1.81 bits per heavy atom. The fraction of sp³-hybridized carbons (Fsp3) is 0.621. The highest BCUT2D eigenvalue weighted by Gasteiger charge is 2.58. The van der Waals surface area contributed by atoms with E-state index in [2.05, 4.69) is 62.4 Å². The van der Waals surface area contributed by atoms with Gasteiger partial charge < -0.3 is 4.74 Å². The summed E-state index contributed by atoms with van der Waals surface area (Å²) in [5.41, 5.74) is 3.64. The summed E-state index contributed by atoms with van der Waals surface area (Å²) in [7, 11) is 0. The van der Waals surface area contributed by atoms with Crippen molar-refractivity contribution >= 4 is 12.0 Å². The summed E-state index contributed by atoms with van der Waals surface area (Å²) in [6.07, 6.45) is 17.4. The molecule has 2 heteroatoms. The van der Waals surface area contributed by atoms with Crippen LogP contribution in [0.2, 0.25) is 0 Å². The third kappa shape index (κ3) is 3.60. The van der Waals surface area contributed by atoms with Crippen LogP contribution in [0.4, 0.5) is 0 Å². The number of hydrogen-bond acceptors (Lipinski definition) is 2. The first kappa shape index (κ1) is 21.0. The molecule has 4 aliphatic carbocycles. The molecule has 0 spiro atoms. The van der Waals surface area contributed by atoms with E-state index in [-0.39, 0.29) is 12.1 Å². The maximum Gasteiger partial charge on any atom is 0.302 e. The van der Waals surface area contributed by atoms with Crippen LogP contribution < -0.4 is 0 Å². The van der Waals surface area contributed by atoms with Gasteiger partial charge in [-0.1, -0.05) is 62.4 Å². The standard InChI is InChI=1S/C29H38O2/c1-20(30)31-24-15-17-29(3)23(19-24)11-13-25-26-14-12-22(28(26,2)18-16-27(25)29)10-9-21-7-5-4-6-8-21/h4-10,12,23-27H,11,13-19H2,1-3H3/t23-,24+,25+,26-,27+,28+,29-/m1/s1.